The van der Waals surface area contributed by atoms with Crippen LogP contribution in [0.1, 0.15) is 19.8 Å². The number of anilines is 1. The van der Waals surface area contributed by atoms with E-state index in [2.05, 4.69) is 5.32 Å². The fourth-order valence-corrected chi connectivity index (χ4v) is 2.94. The minimum absolute atomic E-state index is 0. The van der Waals surface area contributed by atoms with Crippen molar-refractivity contribution in [2.24, 2.45) is 5.73 Å². The molecule has 0 aromatic heterocycles. The van der Waals surface area contributed by atoms with E-state index in [0.29, 0.717) is 28.7 Å². The fourth-order valence-electron chi connectivity index (χ4n) is 2.42. The Labute approximate surface area is 145 Å². The predicted molar refractivity (Wildman–Crippen MR) is 90.7 cm³/mol. The third-order valence-corrected chi connectivity index (χ3v) is 3.79. The molecule has 1 heterocycles. The quantitative estimate of drug-likeness (QED) is 0.863. The number of rotatable bonds is 3. The van der Waals surface area contributed by atoms with Crippen molar-refractivity contribution in [3.8, 4) is 0 Å². The summed E-state index contributed by atoms with van der Waals surface area (Å²) < 4.78 is 0. The van der Waals surface area contributed by atoms with Crippen LogP contribution in [0.3, 0.4) is 0 Å². The summed E-state index contributed by atoms with van der Waals surface area (Å²) in [5.74, 6) is -0.461. The van der Waals surface area contributed by atoms with E-state index in [1.807, 2.05) is 0 Å². The Kier molecular flexibility index (Phi) is 6.94. The second kappa shape index (κ2) is 8.02. The lowest BCUT2D eigenvalue weighted by Gasteiger charge is -2.25. The first-order valence-corrected chi connectivity index (χ1v) is 7.47. The largest absolute Gasteiger partial charge is 0.329 e. The van der Waals surface area contributed by atoms with Crippen LogP contribution in [-0.2, 0) is 9.59 Å². The number of benzene rings is 1. The van der Waals surface area contributed by atoms with Gasteiger partial charge >= 0.3 is 0 Å². The van der Waals surface area contributed by atoms with Crippen LogP contribution in [0.25, 0.3) is 0 Å². The number of carbonyl (C=O) groups is 2. The molecule has 22 heavy (non-hydrogen) atoms. The van der Waals surface area contributed by atoms with Crippen molar-refractivity contribution in [3.63, 3.8) is 0 Å². The fraction of sp³-hybridized carbons (Fsp3) is 0.429. The normalized spacial score (nSPS) is 18.5. The number of nitrogens with two attached hydrogens (primary N) is 1. The highest BCUT2D eigenvalue weighted by Crippen LogP contribution is 2.24. The number of carbonyl (C=O) groups excluding carboxylic acids is 2. The van der Waals surface area contributed by atoms with Crippen molar-refractivity contribution < 1.29 is 9.59 Å². The van der Waals surface area contributed by atoms with Gasteiger partial charge in [0.2, 0.25) is 11.8 Å². The van der Waals surface area contributed by atoms with E-state index in [0.717, 1.165) is 6.42 Å². The van der Waals surface area contributed by atoms with Crippen molar-refractivity contribution in [1.82, 2.24) is 4.90 Å². The molecule has 2 rings (SSSR count). The summed E-state index contributed by atoms with van der Waals surface area (Å²) in [4.78, 5) is 25.9. The molecule has 2 atom stereocenters. The molecule has 1 aromatic rings. The summed E-state index contributed by atoms with van der Waals surface area (Å²) in [7, 11) is 0. The number of amides is 2. The van der Waals surface area contributed by atoms with Crippen molar-refractivity contribution >= 4 is 53.1 Å². The van der Waals surface area contributed by atoms with Crippen LogP contribution in [0.2, 0.25) is 10.0 Å². The van der Waals surface area contributed by atoms with Crippen LogP contribution in [0.5, 0.6) is 0 Å². The van der Waals surface area contributed by atoms with Gasteiger partial charge in [0.1, 0.15) is 6.04 Å². The summed E-state index contributed by atoms with van der Waals surface area (Å²) in [5, 5.41) is 3.62. The summed E-state index contributed by atoms with van der Waals surface area (Å²) in [6.45, 7) is 2.17. The monoisotopic (exact) mass is 365 g/mol. The van der Waals surface area contributed by atoms with Crippen molar-refractivity contribution in [3.05, 3.63) is 28.2 Å². The molecule has 0 spiro atoms. The highest BCUT2D eigenvalue weighted by Gasteiger charge is 2.35. The number of nitrogens with zero attached hydrogens (tertiary/aromatic N) is 1. The zero-order valence-corrected chi connectivity index (χ0v) is 14.3. The molecular weight excluding hydrogens is 349 g/mol. The molecule has 1 unspecified atom stereocenters. The molecule has 0 bridgehead atoms. The lowest BCUT2D eigenvalue weighted by atomic mass is 10.2. The molecule has 0 saturated carbocycles. The minimum Gasteiger partial charge on any atom is -0.329 e. The van der Waals surface area contributed by atoms with Gasteiger partial charge in [-0.1, -0.05) is 23.2 Å². The molecule has 8 heteroatoms. The Morgan fingerprint density at radius 3 is 2.45 bits per heavy atom. The lowest BCUT2D eigenvalue weighted by molar-refractivity contribution is -0.137. The molecule has 1 fully saturated rings. The van der Waals surface area contributed by atoms with Crippen LogP contribution in [0, 0.1) is 0 Å². The Hall–Kier alpha value is -1.01. The molecule has 3 N–H and O–H groups in total. The van der Waals surface area contributed by atoms with E-state index in [9.17, 15) is 9.59 Å². The van der Waals surface area contributed by atoms with Gasteiger partial charge in [-0.3, -0.25) is 9.59 Å². The van der Waals surface area contributed by atoms with Crippen molar-refractivity contribution in [1.29, 1.82) is 0 Å². The van der Waals surface area contributed by atoms with Crippen LogP contribution in [0.15, 0.2) is 18.2 Å². The van der Waals surface area contributed by atoms with Crippen molar-refractivity contribution in [2.75, 3.05) is 11.9 Å². The van der Waals surface area contributed by atoms with E-state index in [4.69, 9.17) is 28.9 Å². The van der Waals surface area contributed by atoms with Gasteiger partial charge in [-0.05, 0) is 38.0 Å². The molecular formula is C14H18Cl3N3O2. The van der Waals surface area contributed by atoms with Gasteiger partial charge in [0, 0.05) is 22.3 Å². The first-order valence-electron chi connectivity index (χ1n) is 6.71. The third kappa shape index (κ3) is 4.49. The van der Waals surface area contributed by atoms with Gasteiger partial charge in [0.05, 0.1) is 6.04 Å². The summed E-state index contributed by atoms with van der Waals surface area (Å²) >= 11 is 11.8. The first kappa shape index (κ1) is 19.0. The number of hydrogen-bond donors (Lipinski definition) is 2. The smallest absolute Gasteiger partial charge is 0.247 e. The molecule has 1 saturated heterocycles. The number of hydrogen-bond acceptors (Lipinski definition) is 3. The number of nitrogens with one attached hydrogen (secondary N) is 1. The van der Waals surface area contributed by atoms with Crippen LogP contribution >= 0.6 is 35.6 Å². The maximum atomic E-state index is 12.3. The van der Waals surface area contributed by atoms with Crippen LogP contribution in [0.4, 0.5) is 5.69 Å². The van der Waals surface area contributed by atoms with Crippen molar-refractivity contribution in [2.45, 2.75) is 31.8 Å². The number of halogens is 3. The molecule has 0 radical (unpaired) electrons. The number of likely N-dealkylation sites (tertiary alicyclic amines) is 1. The maximum absolute atomic E-state index is 12.3. The van der Waals surface area contributed by atoms with E-state index >= 15 is 0 Å². The highest BCUT2D eigenvalue weighted by molar-refractivity contribution is 6.35. The highest BCUT2D eigenvalue weighted by atomic mass is 35.5. The molecule has 1 aliphatic rings. The molecule has 1 aromatic carbocycles. The second-order valence-electron chi connectivity index (χ2n) is 5.13. The molecule has 122 valence electrons. The van der Waals surface area contributed by atoms with Crippen LogP contribution < -0.4 is 11.1 Å². The minimum atomic E-state index is -0.612. The van der Waals surface area contributed by atoms with Gasteiger partial charge in [0.25, 0.3) is 0 Å². The average Bonchev–Trinajstić information content (AvgIpc) is 2.85. The summed E-state index contributed by atoms with van der Waals surface area (Å²) in [6, 6.07) is 3.69. The van der Waals surface area contributed by atoms with Gasteiger partial charge in [-0.15, -0.1) is 12.4 Å². The molecule has 5 nitrogen and oxygen atoms in total. The van der Waals surface area contributed by atoms with Gasteiger partial charge in [-0.2, -0.15) is 0 Å². The maximum Gasteiger partial charge on any atom is 0.247 e. The third-order valence-electron chi connectivity index (χ3n) is 3.36. The van der Waals surface area contributed by atoms with E-state index in [1.165, 1.54) is 4.90 Å². The van der Waals surface area contributed by atoms with Gasteiger partial charge in [-0.25, -0.2) is 0 Å². The Balaban J connectivity index is 0.00000242. The van der Waals surface area contributed by atoms with E-state index < -0.39 is 12.1 Å². The molecule has 0 aliphatic carbocycles. The SMILES string of the molecule is C[C@@H](N)C(=O)N1CCCC1C(=O)Nc1cc(Cl)cc(Cl)c1.Cl. The van der Waals surface area contributed by atoms with E-state index in [-0.39, 0.29) is 24.2 Å². The first-order chi connectivity index (χ1) is 9.88. The summed E-state index contributed by atoms with van der Waals surface area (Å²) in [6.07, 6.45) is 1.41. The molecule has 1 aliphatic heterocycles. The zero-order chi connectivity index (χ0) is 15.6. The Morgan fingerprint density at radius 1 is 1.32 bits per heavy atom. The lowest BCUT2D eigenvalue weighted by Crippen LogP contribution is -2.48. The van der Waals surface area contributed by atoms with Gasteiger partial charge < -0.3 is 16.0 Å². The van der Waals surface area contributed by atoms with E-state index in [1.54, 1.807) is 25.1 Å². The Morgan fingerprint density at radius 2 is 1.91 bits per heavy atom. The van der Waals surface area contributed by atoms with Crippen LogP contribution in [-0.4, -0.2) is 35.3 Å². The van der Waals surface area contributed by atoms with Gasteiger partial charge in [0.15, 0.2) is 0 Å². The molecule has 2 amide bonds. The Bertz CT molecular complexity index is 546. The second-order valence-corrected chi connectivity index (χ2v) is 6.00. The zero-order valence-electron chi connectivity index (χ0n) is 12.0. The topological polar surface area (TPSA) is 75.4 Å². The standard InChI is InChI=1S/C14H17Cl2N3O2.ClH/c1-8(17)14(21)19-4-2-3-12(19)13(20)18-11-6-9(15)5-10(16)7-11;/h5-8,12H,2-4,17H2,1H3,(H,18,20);1H/t8-,12?;/m1./s1. The summed E-state index contributed by atoms with van der Waals surface area (Å²) in [5.41, 5.74) is 6.12. The average molecular weight is 367 g/mol. The predicted octanol–water partition coefficient (Wildman–Crippen LogP) is 2.69.